The van der Waals surface area contributed by atoms with Crippen LogP contribution >= 0.6 is 34.8 Å². The van der Waals surface area contributed by atoms with Gasteiger partial charge in [-0.05, 0) is 6.92 Å². The molecule has 2 rings (SSSR count). The predicted molar refractivity (Wildman–Crippen MR) is 123 cm³/mol. The molecule has 1 amide bonds. The molecule has 2 aromatic carbocycles. The fourth-order valence-corrected chi connectivity index (χ4v) is 2.54. The van der Waals surface area contributed by atoms with Crippen molar-refractivity contribution < 1.29 is 9.59 Å². The van der Waals surface area contributed by atoms with E-state index in [1.54, 1.807) is 0 Å². The number of allylic oxidation sites excluding steroid dienone is 1. The van der Waals surface area contributed by atoms with E-state index in [0.717, 1.165) is 14.2 Å². The van der Waals surface area contributed by atoms with E-state index < -0.39 is 26.8 Å². The average molecular weight is 450 g/mol. The first kappa shape index (κ1) is 24.7. The predicted octanol–water partition coefficient (Wildman–Crippen LogP) is 1.98. The first-order valence-corrected chi connectivity index (χ1v) is 9.67. The van der Waals surface area contributed by atoms with Crippen molar-refractivity contribution in [2.45, 2.75) is 10.7 Å². The lowest BCUT2D eigenvalue weighted by atomic mass is 9.64. The summed E-state index contributed by atoms with van der Waals surface area (Å²) in [7, 11) is 1.03. The maximum Gasteiger partial charge on any atom is 0.257 e. The van der Waals surface area contributed by atoms with Crippen molar-refractivity contribution in [3.8, 4) is 12.3 Å². The van der Waals surface area contributed by atoms with Crippen LogP contribution in [0.25, 0.3) is 0 Å². The van der Waals surface area contributed by atoms with Gasteiger partial charge in [0.1, 0.15) is 5.57 Å². The van der Waals surface area contributed by atoms with E-state index in [9.17, 15) is 9.59 Å². The fourth-order valence-electron chi connectivity index (χ4n) is 2.26. The number of nitrogens with one attached hydrogen (secondary N) is 1. The summed E-state index contributed by atoms with van der Waals surface area (Å²) < 4.78 is -2.02. The molecule has 0 saturated carbocycles. The van der Waals surface area contributed by atoms with Crippen molar-refractivity contribution in [1.29, 1.82) is 0 Å². The molecule has 0 bridgehead atoms. The zero-order valence-electron chi connectivity index (χ0n) is 15.8. The van der Waals surface area contributed by atoms with E-state index in [-0.39, 0.29) is 6.54 Å². The molecule has 0 radical (unpaired) electrons. The Morgan fingerprint density at radius 2 is 1.48 bits per heavy atom. The molecule has 0 aromatic heterocycles. The molecule has 0 aliphatic carbocycles. The second-order valence-electron chi connectivity index (χ2n) is 5.88. The number of terminal acetylenes is 1. The third kappa shape index (κ3) is 9.10. The highest BCUT2D eigenvalue weighted by atomic mass is 35.6. The fraction of sp³-hybridized carbons (Fsp3) is 0.143. The highest BCUT2D eigenvalue weighted by Gasteiger charge is 2.31. The van der Waals surface area contributed by atoms with Gasteiger partial charge in [0.25, 0.3) is 5.91 Å². The van der Waals surface area contributed by atoms with E-state index in [0.29, 0.717) is 0 Å². The molecular formula is C21H20BCl3N2O2. The van der Waals surface area contributed by atoms with Gasteiger partial charge in [-0.2, -0.15) is 0 Å². The van der Waals surface area contributed by atoms with Gasteiger partial charge in [-0.25, -0.2) is 0 Å². The van der Waals surface area contributed by atoms with Gasteiger partial charge in [-0.3, -0.25) is 9.59 Å². The minimum Gasteiger partial charge on any atom is -0.398 e. The quantitative estimate of drug-likeness (QED) is 0.183. The van der Waals surface area contributed by atoms with Crippen LogP contribution in [0.5, 0.6) is 0 Å². The molecule has 3 N–H and O–H groups in total. The third-order valence-electron chi connectivity index (χ3n) is 3.60. The molecule has 0 unspecified atom stereocenters. The van der Waals surface area contributed by atoms with Crippen molar-refractivity contribution in [3.63, 3.8) is 0 Å². The maximum absolute atomic E-state index is 11.5. The lowest BCUT2D eigenvalue weighted by molar-refractivity contribution is -0.121. The minimum absolute atomic E-state index is 0.0528. The molecule has 0 saturated heterocycles. The van der Waals surface area contributed by atoms with E-state index in [4.69, 9.17) is 47.0 Å². The standard InChI is InChI=1S/C12H11B.C9H9Cl3N2O2/c1-3-7-11(8-4-1)13-12-9-5-2-6-10-12;1-3-4-14-8(16)6(5(2)15)7(13)9(10,11)12/h1-10,13H;1H,4,13H2,2H3,(H,14,16)/b;7-6-. The highest BCUT2D eigenvalue weighted by molar-refractivity contribution is 6.69. The lowest BCUT2D eigenvalue weighted by Gasteiger charge is -2.15. The smallest absolute Gasteiger partial charge is 0.257 e. The van der Waals surface area contributed by atoms with Crippen molar-refractivity contribution in [2.75, 3.05) is 6.54 Å². The number of halogens is 3. The summed E-state index contributed by atoms with van der Waals surface area (Å²) in [5.41, 5.74) is 7.32. The van der Waals surface area contributed by atoms with Gasteiger partial charge in [0.15, 0.2) is 13.1 Å². The Morgan fingerprint density at radius 1 is 1.03 bits per heavy atom. The zero-order valence-corrected chi connectivity index (χ0v) is 18.1. The van der Waals surface area contributed by atoms with Gasteiger partial charge in [-0.15, -0.1) is 6.42 Å². The van der Waals surface area contributed by atoms with Crippen LogP contribution < -0.4 is 22.0 Å². The summed E-state index contributed by atoms with van der Waals surface area (Å²) >= 11 is 16.4. The zero-order chi connectivity index (χ0) is 21.9. The molecule has 2 aromatic rings. The Morgan fingerprint density at radius 3 is 1.83 bits per heavy atom. The Labute approximate surface area is 186 Å². The number of hydrogen-bond donors (Lipinski definition) is 2. The van der Waals surface area contributed by atoms with Crippen LogP contribution in [-0.2, 0) is 9.59 Å². The molecule has 0 aliphatic rings. The number of alkyl halides is 3. The van der Waals surface area contributed by atoms with Crippen LogP contribution in [0.2, 0.25) is 0 Å². The van der Waals surface area contributed by atoms with Crippen LogP contribution in [0, 0.1) is 12.3 Å². The monoisotopic (exact) mass is 448 g/mol. The van der Waals surface area contributed by atoms with Crippen LogP contribution in [0.3, 0.4) is 0 Å². The number of carbonyl (C=O) groups is 2. The second-order valence-corrected chi connectivity index (χ2v) is 8.16. The number of rotatable bonds is 5. The summed E-state index contributed by atoms with van der Waals surface area (Å²) in [5.74, 6) is 0.783. The van der Waals surface area contributed by atoms with Crippen LogP contribution in [-0.4, -0.2) is 29.3 Å². The molecule has 0 heterocycles. The Balaban J connectivity index is 0.000000294. The van der Waals surface area contributed by atoms with Crippen molar-refractivity contribution in [1.82, 2.24) is 5.32 Å². The molecule has 0 fully saturated rings. The molecular weight excluding hydrogens is 429 g/mol. The highest BCUT2D eigenvalue weighted by Crippen LogP contribution is 2.33. The van der Waals surface area contributed by atoms with E-state index in [1.165, 1.54) is 10.9 Å². The van der Waals surface area contributed by atoms with Crippen LogP contribution in [0.1, 0.15) is 6.92 Å². The SMILES string of the molecule is B(c1ccccc1)c1ccccc1.C#CCNC(=O)/C(C(C)=O)=C(\N)C(Cl)(Cl)Cl. The molecule has 150 valence electrons. The van der Waals surface area contributed by atoms with Crippen molar-refractivity contribution in [2.24, 2.45) is 5.73 Å². The Bertz CT molecular complexity index is 852. The number of hydrogen-bond acceptors (Lipinski definition) is 3. The Hall–Kier alpha value is -2.39. The van der Waals surface area contributed by atoms with Crippen molar-refractivity contribution >= 4 is 64.7 Å². The van der Waals surface area contributed by atoms with Gasteiger partial charge in [0.2, 0.25) is 3.79 Å². The number of nitrogens with two attached hydrogens (primary N) is 1. The summed E-state index contributed by atoms with van der Waals surface area (Å²) in [4.78, 5) is 22.7. The number of benzene rings is 2. The van der Waals surface area contributed by atoms with Gasteiger partial charge in [-0.1, -0.05) is 112 Å². The van der Waals surface area contributed by atoms with Crippen LogP contribution in [0.4, 0.5) is 0 Å². The third-order valence-corrected chi connectivity index (χ3v) is 4.21. The summed E-state index contributed by atoms with van der Waals surface area (Å²) in [5, 5.41) is 2.26. The van der Waals surface area contributed by atoms with Crippen molar-refractivity contribution in [3.05, 3.63) is 71.9 Å². The molecule has 0 aliphatic heterocycles. The Kier molecular flexibility index (Phi) is 10.4. The molecule has 4 nitrogen and oxygen atoms in total. The summed E-state index contributed by atoms with van der Waals surface area (Å²) in [6.07, 6.45) is 4.94. The first-order valence-electron chi connectivity index (χ1n) is 8.54. The normalized spacial score (nSPS) is 11.1. The van der Waals surface area contributed by atoms with Gasteiger partial charge < -0.3 is 11.1 Å². The van der Waals surface area contributed by atoms with E-state index in [1.807, 2.05) is 0 Å². The summed E-state index contributed by atoms with van der Waals surface area (Å²) in [6, 6.07) is 21.1. The topological polar surface area (TPSA) is 72.2 Å². The second kappa shape index (κ2) is 12.2. The minimum atomic E-state index is -2.02. The molecule has 8 heteroatoms. The maximum atomic E-state index is 11.5. The molecule has 0 spiro atoms. The van der Waals surface area contributed by atoms with Gasteiger partial charge >= 0.3 is 0 Å². The largest absolute Gasteiger partial charge is 0.398 e. The average Bonchev–Trinajstić information content (AvgIpc) is 2.67. The number of Topliss-reactive ketones (excluding diaryl/α,β-unsaturated/α-hetero) is 1. The van der Waals surface area contributed by atoms with E-state index in [2.05, 4.69) is 71.9 Å². The number of carbonyl (C=O) groups excluding carboxylic acids is 2. The van der Waals surface area contributed by atoms with Gasteiger partial charge in [0, 0.05) is 0 Å². The molecule has 29 heavy (non-hydrogen) atoms. The molecule has 0 atom stereocenters. The number of amides is 1. The lowest BCUT2D eigenvalue weighted by Crippen LogP contribution is -2.33. The number of ketones is 1. The van der Waals surface area contributed by atoms with Crippen LogP contribution in [0.15, 0.2) is 71.9 Å². The van der Waals surface area contributed by atoms with E-state index >= 15 is 0 Å². The first-order chi connectivity index (χ1) is 13.7. The van der Waals surface area contributed by atoms with Gasteiger partial charge in [0.05, 0.1) is 12.2 Å². The summed E-state index contributed by atoms with van der Waals surface area (Å²) in [6.45, 7) is 1.08.